The van der Waals surface area contributed by atoms with Gasteiger partial charge in [-0.1, -0.05) is 18.2 Å². The van der Waals surface area contributed by atoms with E-state index < -0.39 is 29.6 Å². The van der Waals surface area contributed by atoms with Crippen LogP contribution in [0.1, 0.15) is 29.7 Å². The van der Waals surface area contributed by atoms with Crippen molar-refractivity contribution in [3.05, 3.63) is 65.0 Å². The highest BCUT2D eigenvalue weighted by Gasteiger charge is 2.29. The zero-order valence-corrected chi connectivity index (χ0v) is 10.4. The van der Waals surface area contributed by atoms with Gasteiger partial charge in [0.15, 0.2) is 11.6 Å². The average Bonchev–Trinajstić information content (AvgIpc) is 2.41. The van der Waals surface area contributed by atoms with Crippen LogP contribution >= 0.6 is 0 Å². The summed E-state index contributed by atoms with van der Waals surface area (Å²) in [6.45, 7) is 0. The van der Waals surface area contributed by atoms with Crippen molar-refractivity contribution in [3.63, 3.8) is 0 Å². The lowest BCUT2D eigenvalue weighted by Crippen LogP contribution is -2.25. The van der Waals surface area contributed by atoms with Crippen LogP contribution < -0.4 is 10.5 Å². The van der Waals surface area contributed by atoms with Crippen LogP contribution in [0.4, 0.5) is 13.2 Å². The van der Waals surface area contributed by atoms with Gasteiger partial charge in [0.05, 0.1) is 0 Å². The second-order valence-corrected chi connectivity index (χ2v) is 4.77. The quantitative estimate of drug-likeness (QED) is 0.865. The first-order valence-corrected chi connectivity index (χ1v) is 6.22. The molecule has 0 spiro atoms. The number of hydrogen-bond acceptors (Lipinski definition) is 2. The summed E-state index contributed by atoms with van der Waals surface area (Å²) in [6, 6.07) is 7.53. The zero-order valence-electron chi connectivity index (χ0n) is 10.4. The summed E-state index contributed by atoms with van der Waals surface area (Å²) in [7, 11) is 0. The van der Waals surface area contributed by atoms with Gasteiger partial charge in [-0.3, -0.25) is 0 Å². The lowest BCUT2D eigenvalue weighted by molar-refractivity contribution is 0.155. The van der Waals surface area contributed by atoms with Crippen molar-refractivity contribution in [2.45, 2.75) is 18.6 Å². The topological polar surface area (TPSA) is 35.2 Å². The van der Waals surface area contributed by atoms with E-state index in [0.717, 1.165) is 6.07 Å². The number of ether oxygens (including phenoxy) is 1. The van der Waals surface area contributed by atoms with Gasteiger partial charge in [0.25, 0.3) is 0 Å². The van der Waals surface area contributed by atoms with Crippen molar-refractivity contribution >= 4 is 0 Å². The smallest absolute Gasteiger partial charge is 0.165 e. The molecule has 2 aromatic rings. The van der Waals surface area contributed by atoms with Gasteiger partial charge in [-0.25, -0.2) is 13.2 Å². The van der Waals surface area contributed by atoms with Crippen molar-refractivity contribution in [2.24, 2.45) is 5.73 Å². The number of nitrogens with two attached hydrogens (primary N) is 1. The predicted molar refractivity (Wildman–Crippen MR) is 67.7 cm³/mol. The highest BCUT2D eigenvalue weighted by molar-refractivity contribution is 5.39. The third-order valence-corrected chi connectivity index (χ3v) is 3.44. The summed E-state index contributed by atoms with van der Waals surface area (Å²) >= 11 is 0. The molecule has 0 aliphatic carbocycles. The maximum atomic E-state index is 13.8. The van der Waals surface area contributed by atoms with Gasteiger partial charge in [-0.15, -0.1) is 0 Å². The van der Waals surface area contributed by atoms with Gasteiger partial charge < -0.3 is 10.5 Å². The van der Waals surface area contributed by atoms with Gasteiger partial charge >= 0.3 is 0 Å². The van der Waals surface area contributed by atoms with Crippen molar-refractivity contribution < 1.29 is 17.9 Å². The molecule has 0 amide bonds. The summed E-state index contributed by atoms with van der Waals surface area (Å²) in [4.78, 5) is 0. The molecule has 0 radical (unpaired) electrons. The lowest BCUT2D eigenvalue weighted by Gasteiger charge is -2.30. The van der Waals surface area contributed by atoms with Crippen LogP contribution in [0.5, 0.6) is 5.75 Å². The number of rotatable bonds is 1. The first kappa shape index (κ1) is 13.0. The number of fused-ring (bicyclic) bond motifs is 1. The molecular weight excluding hydrogens is 267 g/mol. The Bertz CT molecular complexity index is 660. The van der Waals surface area contributed by atoms with Gasteiger partial charge in [-0.05, 0) is 12.1 Å². The minimum atomic E-state index is -0.954. The third kappa shape index (κ3) is 2.14. The van der Waals surface area contributed by atoms with Crippen molar-refractivity contribution in [1.82, 2.24) is 0 Å². The molecule has 0 aromatic heterocycles. The average molecular weight is 279 g/mol. The van der Waals surface area contributed by atoms with E-state index in [1.165, 1.54) is 24.3 Å². The van der Waals surface area contributed by atoms with Gasteiger partial charge in [-0.2, -0.15) is 0 Å². The van der Waals surface area contributed by atoms with Crippen LogP contribution in [0.3, 0.4) is 0 Å². The highest BCUT2D eigenvalue weighted by Crippen LogP contribution is 2.40. The SMILES string of the molecule is N[C@H]1CC(c2cccc(F)c2F)Oc2cc(F)ccc21. The molecule has 2 aromatic carbocycles. The molecule has 0 saturated carbocycles. The number of halogens is 3. The minimum Gasteiger partial charge on any atom is -0.485 e. The maximum absolute atomic E-state index is 13.8. The molecule has 2 nitrogen and oxygen atoms in total. The van der Waals surface area contributed by atoms with Crippen LogP contribution in [-0.4, -0.2) is 0 Å². The second-order valence-electron chi connectivity index (χ2n) is 4.77. The summed E-state index contributed by atoms with van der Waals surface area (Å²) in [5, 5.41) is 0. The molecule has 0 fully saturated rings. The van der Waals surface area contributed by atoms with Gasteiger partial charge in [0.1, 0.15) is 17.7 Å². The van der Waals surface area contributed by atoms with E-state index in [1.807, 2.05) is 0 Å². The van der Waals surface area contributed by atoms with E-state index in [2.05, 4.69) is 0 Å². The molecule has 1 aliphatic heterocycles. The molecule has 1 aliphatic rings. The van der Waals surface area contributed by atoms with E-state index >= 15 is 0 Å². The van der Waals surface area contributed by atoms with Crippen molar-refractivity contribution in [3.8, 4) is 5.75 Å². The summed E-state index contributed by atoms with van der Waals surface area (Å²) < 4.78 is 45.9. The monoisotopic (exact) mass is 279 g/mol. The molecule has 2 atom stereocenters. The second kappa shape index (κ2) is 4.83. The zero-order chi connectivity index (χ0) is 14.3. The molecule has 0 saturated heterocycles. The van der Waals surface area contributed by atoms with Crippen molar-refractivity contribution in [1.29, 1.82) is 0 Å². The number of benzene rings is 2. The Balaban J connectivity index is 2.00. The largest absolute Gasteiger partial charge is 0.485 e. The van der Waals surface area contributed by atoms with Gasteiger partial charge in [0, 0.05) is 29.7 Å². The molecule has 5 heteroatoms. The molecule has 104 valence electrons. The van der Waals surface area contributed by atoms with Crippen molar-refractivity contribution in [2.75, 3.05) is 0 Å². The van der Waals surface area contributed by atoms with E-state index in [-0.39, 0.29) is 11.3 Å². The Labute approximate surface area is 114 Å². The maximum Gasteiger partial charge on any atom is 0.165 e. The summed E-state index contributed by atoms with van der Waals surface area (Å²) in [5.41, 5.74) is 6.75. The van der Waals surface area contributed by atoms with E-state index in [0.29, 0.717) is 12.0 Å². The fraction of sp³-hybridized carbons (Fsp3) is 0.200. The van der Waals surface area contributed by atoms with Crippen LogP contribution in [-0.2, 0) is 0 Å². The Morgan fingerprint density at radius 2 is 1.85 bits per heavy atom. The highest BCUT2D eigenvalue weighted by atomic mass is 19.2. The molecule has 2 N–H and O–H groups in total. The molecule has 20 heavy (non-hydrogen) atoms. The fourth-order valence-electron chi connectivity index (χ4n) is 2.44. The standard InChI is InChI=1S/C15H12F3NO/c16-8-4-5-9-12(19)7-14(20-13(9)6-8)10-2-1-3-11(17)15(10)18/h1-6,12,14H,7,19H2/t12-,14?/m0/s1. The van der Waals surface area contributed by atoms with E-state index in [4.69, 9.17) is 10.5 Å². The van der Waals surface area contributed by atoms with E-state index in [9.17, 15) is 13.2 Å². The van der Waals surface area contributed by atoms with Crippen LogP contribution in [0.25, 0.3) is 0 Å². The molecule has 1 heterocycles. The Kier molecular flexibility index (Phi) is 3.14. The molecule has 1 unspecified atom stereocenters. The Hall–Kier alpha value is -2.01. The summed E-state index contributed by atoms with van der Waals surface area (Å²) in [6.07, 6.45) is -0.422. The fourth-order valence-corrected chi connectivity index (χ4v) is 2.44. The molecule has 0 bridgehead atoms. The molecular formula is C15H12F3NO. The van der Waals surface area contributed by atoms with Crippen LogP contribution in [0, 0.1) is 17.5 Å². The summed E-state index contributed by atoms with van der Waals surface area (Å²) in [5.74, 6) is -2.08. The van der Waals surface area contributed by atoms with Crippen LogP contribution in [0.15, 0.2) is 36.4 Å². The normalized spacial score (nSPS) is 21.2. The predicted octanol–water partition coefficient (Wildman–Crippen LogP) is 3.63. The van der Waals surface area contributed by atoms with E-state index in [1.54, 1.807) is 6.07 Å². The first-order valence-electron chi connectivity index (χ1n) is 6.22. The first-order chi connectivity index (χ1) is 9.56. The Morgan fingerprint density at radius 1 is 1.05 bits per heavy atom. The number of hydrogen-bond donors (Lipinski definition) is 1. The molecule has 3 rings (SSSR count). The van der Waals surface area contributed by atoms with Crippen LogP contribution in [0.2, 0.25) is 0 Å². The minimum absolute atomic E-state index is 0.0929. The van der Waals surface area contributed by atoms with Gasteiger partial charge in [0.2, 0.25) is 0 Å². The Morgan fingerprint density at radius 3 is 2.65 bits per heavy atom. The lowest BCUT2D eigenvalue weighted by atomic mass is 9.93. The third-order valence-electron chi connectivity index (χ3n) is 3.44.